The molecule has 0 aromatic heterocycles. The van der Waals surface area contributed by atoms with Crippen LogP contribution in [0.1, 0.15) is 32.1 Å². The number of aliphatic carboxylic acids is 2. The first-order valence-corrected chi connectivity index (χ1v) is 11.5. The summed E-state index contributed by atoms with van der Waals surface area (Å²) < 4.78 is 0. The summed E-state index contributed by atoms with van der Waals surface area (Å²) in [7, 11) is 0. The van der Waals surface area contributed by atoms with Crippen LogP contribution in [0.4, 0.5) is 0 Å². The number of carbonyl (C=O) groups is 5. The second kappa shape index (κ2) is 16.5. The molecule has 15 heteroatoms. The molecule has 0 aromatic rings. The van der Waals surface area contributed by atoms with Gasteiger partial charge in [0.05, 0.1) is 12.6 Å². The first-order valence-electron chi connectivity index (χ1n) is 10.1. The summed E-state index contributed by atoms with van der Waals surface area (Å²) in [5, 5.41) is 25.0. The predicted octanol–water partition coefficient (Wildman–Crippen LogP) is -2.84. The second-order valence-electron chi connectivity index (χ2n) is 7.01. The number of rotatable bonds is 17. The van der Waals surface area contributed by atoms with Crippen LogP contribution in [0, 0.1) is 0 Å². The third kappa shape index (κ3) is 14.6. The molecule has 0 aliphatic carbocycles. The van der Waals surface area contributed by atoms with Gasteiger partial charge in [-0.05, 0) is 37.7 Å². The highest BCUT2D eigenvalue weighted by Gasteiger charge is 2.26. The van der Waals surface area contributed by atoms with Gasteiger partial charge in [-0.1, -0.05) is 0 Å². The van der Waals surface area contributed by atoms with Gasteiger partial charge in [0.1, 0.15) is 12.1 Å². The topological polar surface area (TPSA) is 252 Å². The van der Waals surface area contributed by atoms with E-state index in [2.05, 4.69) is 20.9 Å². The summed E-state index contributed by atoms with van der Waals surface area (Å²) in [5.41, 5.74) is 16.1. The number of hydrogen-bond acceptors (Lipinski definition) is 8. The van der Waals surface area contributed by atoms with Crippen molar-refractivity contribution >= 4 is 47.4 Å². The summed E-state index contributed by atoms with van der Waals surface area (Å²) >= 11 is 1.42. The van der Waals surface area contributed by atoms with Crippen LogP contribution in [0.3, 0.4) is 0 Å². The Hall–Kier alpha value is -3.07. The van der Waals surface area contributed by atoms with Gasteiger partial charge < -0.3 is 43.4 Å². The summed E-state index contributed by atoms with van der Waals surface area (Å²) in [5.74, 6) is -4.08. The molecule has 0 fully saturated rings. The maximum atomic E-state index is 12.6. The molecule has 3 amide bonds. The van der Waals surface area contributed by atoms with E-state index in [4.69, 9.17) is 22.3 Å². The smallest absolute Gasteiger partial charge is 0.326 e. The molecule has 0 bridgehead atoms. The number of aliphatic imine (C=N–C) groups is 1. The van der Waals surface area contributed by atoms with E-state index in [1.54, 1.807) is 6.26 Å². The zero-order valence-corrected chi connectivity index (χ0v) is 19.2. The maximum Gasteiger partial charge on any atom is 0.326 e. The van der Waals surface area contributed by atoms with Gasteiger partial charge in [0.2, 0.25) is 17.7 Å². The quantitative estimate of drug-likeness (QED) is 0.0584. The summed E-state index contributed by atoms with van der Waals surface area (Å²) in [4.78, 5) is 62.5. The average Bonchev–Trinajstić information content (AvgIpc) is 2.74. The minimum Gasteiger partial charge on any atom is -0.481 e. The lowest BCUT2D eigenvalue weighted by Gasteiger charge is -2.21. The first kappa shape index (κ1) is 29.9. The monoisotopic (exact) mass is 491 g/mol. The molecule has 0 spiro atoms. The molecule has 11 N–H and O–H groups in total. The van der Waals surface area contributed by atoms with E-state index in [1.807, 2.05) is 0 Å². The van der Waals surface area contributed by atoms with Crippen LogP contribution in [0.5, 0.6) is 0 Å². The van der Waals surface area contributed by atoms with E-state index in [9.17, 15) is 29.1 Å². The molecule has 0 aliphatic rings. The lowest BCUT2D eigenvalue weighted by molar-refractivity contribution is -0.142. The second-order valence-corrected chi connectivity index (χ2v) is 7.99. The van der Waals surface area contributed by atoms with Gasteiger partial charge in [-0.25, -0.2) is 4.79 Å². The van der Waals surface area contributed by atoms with Crippen LogP contribution in [0.25, 0.3) is 0 Å². The third-order valence-corrected chi connectivity index (χ3v) is 4.90. The fourth-order valence-electron chi connectivity index (χ4n) is 2.49. The van der Waals surface area contributed by atoms with E-state index in [-0.39, 0.29) is 38.2 Å². The van der Waals surface area contributed by atoms with Gasteiger partial charge >= 0.3 is 11.9 Å². The van der Waals surface area contributed by atoms with Gasteiger partial charge in [-0.3, -0.25) is 24.2 Å². The largest absolute Gasteiger partial charge is 0.481 e. The number of nitrogens with one attached hydrogen (secondary N) is 3. The lowest BCUT2D eigenvalue weighted by atomic mass is 10.1. The van der Waals surface area contributed by atoms with E-state index in [1.165, 1.54) is 11.8 Å². The summed E-state index contributed by atoms with van der Waals surface area (Å²) in [6.07, 6.45) is 2.00. The van der Waals surface area contributed by atoms with Crippen molar-refractivity contribution in [1.29, 1.82) is 0 Å². The molecule has 0 radical (unpaired) electrons. The molecule has 0 aliphatic heterocycles. The zero-order chi connectivity index (χ0) is 25.4. The molecular weight excluding hydrogens is 458 g/mol. The van der Waals surface area contributed by atoms with Crippen molar-refractivity contribution in [3.63, 3.8) is 0 Å². The fraction of sp³-hybridized carbons (Fsp3) is 0.667. The Bertz CT molecular complexity index is 716. The number of nitrogens with two attached hydrogens (primary N) is 3. The minimum absolute atomic E-state index is 0.106. The third-order valence-electron chi connectivity index (χ3n) is 4.25. The van der Waals surface area contributed by atoms with Crippen molar-refractivity contribution < 1.29 is 34.2 Å². The van der Waals surface area contributed by atoms with Crippen LogP contribution < -0.4 is 33.2 Å². The van der Waals surface area contributed by atoms with Crippen molar-refractivity contribution in [3.05, 3.63) is 0 Å². The molecular formula is C18H33N7O7S. The summed E-state index contributed by atoms with van der Waals surface area (Å²) in [6, 6.07) is -3.34. The Labute approximate surface area is 195 Å². The maximum absolute atomic E-state index is 12.6. The van der Waals surface area contributed by atoms with Crippen molar-refractivity contribution in [2.45, 2.75) is 50.2 Å². The number of nitrogens with zero attached hydrogens (tertiary/aromatic N) is 1. The zero-order valence-electron chi connectivity index (χ0n) is 18.4. The number of carboxylic acid groups (broad SMARTS) is 2. The van der Waals surface area contributed by atoms with Gasteiger partial charge in [0.25, 0.3) is 0 Å². The molecule has 14 nitrogen and oxygen atoms in total. The van der Waals surface area contributed by atoms with E-state index >= 15 is 0 Å². The van der Waals surface area contributed by atoms with Crippen LogP contribution in [0.2, 0.25) is 0 Å². The number of guanidine groups is 1. The lowest BCUT2D eigenvalue weighted by Crippen LogP contribution is -2.53. The normalized spacial score (nSPS) is 13.2. The Balaban J connectivity index is 4.99. The van der Waals surface area contributed by atoms with Crippen LogP contribution in [-0.2, 0) is 24.0 Å². The Kier molecular flexibility index (Phi) is 15.0. The molecule has 188 valence electrons. The number of amides is 3. The first-order chi connectivity index (χ1) is 15.5. The highest BCUT2D eigenvalue weighted by molar-refractivity contribution is 7.98. The molecule has 0 heterocycles. The van der Waals surface area contributed by atoms with Gasteiger partial charge in [-0.2, -0.15) is 11.8 Å². The predicted molar refractivity (Wildman–Crippen MR) is 122 cm³/mol. The highest BCUT2D eigenvalue weighted by atomic mass is 32.2. The van der Waals surface area contributed by atoms with Crippen molar-refractivity contribution in [1.82, 2.24) is 16.0 Å². The van der Waals surface area contributed by atoms with Gasteiger partial charge in [-0.15, -0.1) is 0 Å². The van der Waals surface area contributed by atoms with E-state index in [0.717, 1.165) is 0 Å². The molecule has 0 saturated heterocycles. The van der Waals surface area contributed by atoms with Gasteiger partial charge in [0, 0.05) is 13.0 Å². The molecule has 33 heavy (non-hydrogen) atoms. The van der Waals surface area contributed by atoms with Crippen LogP contribution >= 0.6 is 11.8 Å². The van der Waals surface area contributed by atoms with E-state index < -0.39 is 54.3 Å². The molecule has 0 saturated carbocycles. The Morgan fingerprint density at radius 2 is 1.64 bits per heavy atom. The van der Waals surface area contributed by atoms with Crippen LogP contribution in [0.15, 0.2) is 4.99 Å². The summed E-state index contributed by atoms with van der Waals surface area (Å²) in [6.45, 7) is -0.321. The van der Waals surface area contributed by atoms with E-state index in [0.29, 0.717) is 12.2 Å². The molecule has 0 aromatic carbocycles. The SMILES string of the molecule is CSCCC(NC(=O)C(CCCN=C(N)N)NC(=O)CNC(=O)C(N)CCC(=O)O)C(=O)O. The van der Waals surface area contributed by atoms with Gasteiger partial charge in [0.15, 0.2) is 5.96 Å². The fourth-order valence-corrected chi connectivity index (χ4v) is 2.96. The number of hydrogen-bond donors (Lipinski definition) is 8. The van der Waals surface area contributed by atoms with Crippen molar-refractivity contribution in [3.8, 4) is 0 Å². The molecule has 3 unspecified atom stereocenters. The Morgan fingerprint density at radius 1 is 0.970 bits per heavy atom. The van der Waals surface area contributed by atoms with Crippen molar-refractivity contribution in [2.75, 3.05) is 25.1 Å². The van der Waals surface area contributed by atoms with Crippen molar-refractivity contribution in [2.24, 2.45) is 22.2 Å². The van der Waals surface area contributed by atoms with Crippen LogP contribution in [-0.4, -0.2) is 89.1 Å². The standard InChI is InChI=1S/C18H33N7O7S/c1-33-8-6-12(17(31)32)25-16(30)11(3-2-7-22-18(20)21)24-13(26)9-23-15(29)10(19)4-5-14(27)28/h10-12H,2-9,19H2,1H3,(H,23,29)(H,24,26)(H,25,30)(H,27,28)(H,31,32)(H4,20,21,22). The number of thioether (sulfide) groups is 1. The molecule has 3 atom stereocenters. The molecule has 0 rings (SSSR count). The number of carboxylic acids is 2. The minimum atomic E-state index is -1.20. The average molecular weight is 492 g/mol. The highest BCUT2D eigenvalue weighted by Crippen LogP contribution is 2.04. The Morgan fingerprint density at radius 3 is 2.18 bits per heavy atom. The number of carbonyl (C=O) groups excluding carboxylic acids is 3.